The van der Waals surface area contributed by atoms with Crippen molar-refractivity contribution >= 4 is 23.6 Å². The largest absolute Gasteiger partial charge is 0.481 e. The van der Waals surface area contributed by atoms with Crippen molar-refractivity contribution in [1.29, 1.82) is 0 Å². The van der Waals surface area contributed by atoms with E-state index in [1.165, 1.54) is 0 Å². The van der Waals surface area contributed by atoms with Gasteiger partial charge in [0.25, 0.3) is 5.91 Å². The maximum absolute atomic E-state index is 12.0. The molecule has 5 heteroatoms. The van der Waals surface area contributed by atoms with E-state index in [0.717, 1.165) is 4.90 Å². The molecule has 0 spiro atoms. The summed E-state index contributed by atoms with van der Waals surface area (Å²) >= 11 is 1.63. The molecule has 96 valence electrons. The Balaban J connectivity index is 1.91. The first-order chi connectivity index (χ1) is 8.60. The van der Waals surface area contributed by atoms with Crippen LogP contribution in [0.4, 0.5) is 0 Å². The lowest BCUT2D eigenvalue weighted by Crippen LogP contribution is -2.50. The Kier molecular flexibility index (Phi) is 3.91. The smallest absolute Gasteiger partial charge is 0.303 e. The third-order valence-corrected chi connectivity index (χ3v) is 3.79. The number of thioether (sulfide) groups is 1. The molecule has 0 radical (unpaired) electrons. The lowest BCUT2D eigenvalue weighted by molar-refractivity contribution is -0.139. The zero-order valence-corrected chi connectivity index (χ0v) is 10.9. The molecule has 1 saturated heterocycles. The lowest BCUT2D eigenvalue weighted by Gasteiger charge is -2.38. The minimum atomic E-state index is -0.795. The van der Waals surface area contributed by atoms with Gasteiger partial charge in [-0.2, -0.15) is 0 Å². The molecule has 1 heterocycles. The minimum Gasteiger partial charge on any atom is -0.481 e. The third-order valence-electron chi connectivity index (χ3n) is 3.04. The Hall–Kier alpha value is -1.49. The monoisotopic (exact) mass is 265 g/mol. The van der Waals surface area contributed by atoms with Crippen LogP contribution in [0.2, 0.25) is 0 Å². The molecule has 1 aromatic carbocycles. The van der Waals surface area contributed by atoms with E-state index in [-0.39, 0.29) is 18.2 Å². The lowest BCUT2D eigenvalue weighted by atomic mass is 9.95. The molecule has 4 nitrogen and oxygen atoms in total. The van der Waals surface area contributed by atoms with Crippen molar-refractivity contribution in [3.63, 3.8) is 0 Å². The highest BCUT2D eigenvalue weighted by Gasteiger charge is 2.32. The summed E-state index contributed by atoms with van der Waals surface area (Å²) in [5.74, 6) is -0.697. The number of amides is 1. The van der Waals surface area contributed by atoms with E-state index in [1.807, 2.05) is 30.5 Å². The predicted molar refractivity (Wildman–Crippen MR) is 69.9 cm³/mol. The number of aliphatic carboxylic acids is 1. The first kappa shape index (κ1) is 13.0. The van der Waals surface area contributed by atoms with Crippen molar-refractivity contribution in [2.45, 2.75) is 11.3 Å². The molecule has 0 unspecified atom stereocenters. The third kappa shape index (κ3) is 2.85. The zero-order chi connectivity index (χ0) is 13.1. The fourth-order valence-electron chi connectivity index (χ4n) is 2.03. The van der Waals surface area contributed by atoms with Gasteiger partial charge in [-0.1, -0.05) is 0 Å². The Morgan fingerprint density at radius 3 is 2.44 bits per heavy atom. The number of carboxylic acids is 1. The number of carbonyl (C=O) groups excluding carboxylic acids is 1. The molecular weight excluding hydrogens is 250 g/mol. The predicted octanol–water partition coefficient (Wildman–Crippen LogP) is 1.96. The molecule has 18 heavy (non-hydrogen) atoms. The van der Waals surface area contributed by atoms with Crippen molar-refractivity contribution in [2.24, 2.45) is 5.92 Å². The van der Waals surface area contributed by atoms with Gasteiger partial charge >= 0.3 is 5.97 Å². The summed E-state index contributed by atoms with van der Waals surface area (Å²) in [6.45, 7) is 1.10. The van der Waals surface area contributed by atoms with E-state index in [4.69, 9.17) is 5.11 Å². The molecule has 0 aliphatic carbocycles. The summed E-state index contributed by atoms with van der Waals surface area (Å²) in [6, 6.07) is 7.48. The van der Waals surface area contributed by atoms with Crippen LogP contribution in [0.5, 0.6) is 0 Å². The average Bonchev–Trinajstić information content (AvgIpc) is 2.32. The molecule has 0 bridgehead atoms. The van der Waals surface area contributed by atoms with E-state index in [1.54, 1.807) is 16.7 Å². The summed E-state index contributed by atoms with van der Waals surface area (Å²) in [5, 5.41) is 8.64. The molecule has 1 aliphatic heterocycles. The van der Waals surface area contributed by atoms with Crippen LogP contribution in [0.1, 0.15) is 16.8 Å². The van der Waals surface area contributed by atoms with Gasteiger partial charge in [-0.15, -0.1) is 11.8 Å². The molecule has 1 aromatic rings. The molecule has 0 saturated carbocycles. The molecule has 1 fully saturated rings. The van der Waals surface area contributed by atoms with E-state index >= 15 is 0 Å². The number of rotatable bonds is 4. The van der Waals surface area contributed by atoms with Crippen molar-refractivity contribution in [3.05, 3.63) is 29.8 Å². The number of hydrogen-bond acceptors (Lipinski definition) is 3. The van der Waals surface area contributed by atoms with E-state index < -0.39 is 5.97 Å². The second-order valence-electron chi connectivity index (χ2n) is 4.40. The molecule has 0 atom stereocenters. The average molecular weight is 265 g/mol. The Morgan fingerprint density at radius 2 is 1.94 bits per heavy atom. The first-order valence-electron chi connectivity index (χ1n) is 5.75. The summed E-state index contributed by atoms with van der Waals surface area (Å²) in [7, 11) is 0. The summed E-state index contributed by atoms with van der Waals surface area (Å²) in [5.41, 5.74) is 0.668. The van der Waals surface area contributed by atoms with Gasteiger partial charge in [0.15, 0.2) is 0 Å². The van der Waals surface area contributed by atoms with Crippen molar-refractivity contribution < 1.29 is 14.7 Å². The molecular formula is C13H15NO3S. The second-order valence-corrected chi connectivity index (χ2v) is 5.28. The second kappa shape index (κ2) is 5.44. The maximum atomic E-state index is 12.0. The summed E-state index contributed by atoms with van der Waals surface area (Å²) in [4.78, 5) is 25.4. The van der Waals surface area contributed by atoms with Gasteiger partial charge in [0.2, 0.25) is 0 Å². The van der Waals surface area contributed by atoms with E-state index in [0.29, 0.717) is 18.7 Å². The standard InChI is InChI=1S/C13H15NO3S/c1-18-11-4-2-10(3-5-11)13(17)14-7-9(8-14)6-12(15)16/h2-5,9H,6-8H2,1H3,(H,15,16). The molecule has 1 aliphatic rings. The maximum Gasteiger partial charge on any atom is 0.303 e. The number of benzene rings is 1. The van der Waals surface area contributed by atoms with Crippen LogP contribution < -0.4 is 0 Å². The van der Waals surface area contributed by atoms with Crippen LogP contribution >= 0.6 is 11.8 Å². The highest BCUT2D eigenvalue weighted by molar-refractivity contribution is 7.98. The van der Waals surface area contributed by atoms with Crippen LogP contribution in [-0.2, 0) is 4.79 Å². The number of likely N-dealkylation sites (tertiary alicyclic amines) is 1. The van der Waals surface area contributed by atoms with E-state index in [2.05, 4.69) is 0 Å². The van der Waals surface area contributed by atoms with Gasteiger partial charge in [0.1, 0.15) is 0 Å². The number of nitrogens with zero attached hydrogens (tertiary/aromatic N) is 1. The van der Waals surface area contributed by atoms with Crippen LogP contribution in [0, 0.1) is 5.92 Å². The molecule has 0 aromatic heterocycles. The first-order valence-corrected chi connectivity index (χ1v) is 6.97. The van der Waals surface area contributed by atoms with Crippen LogP contribution in [0.25, 0.3) is 0 Å². The fraction of sp³-hybridized carbons (Fsp3) is 0.385. The van der Waals surface area contributed by atoms with E-state index in [9.17, 15) is 9.59 Å². The highest BCUT2D eigenvalue weighted by atomic mass is 32.2. The molecule has 2 rings (SSSR count). The molecule has 1 N–H and O–H groups in total. The Labute approximate surface area is 110 Å². The van der Waals surface area contributed by atoms with Crippen LogP contribution in [0.3, 0.4) is 0 Å². The summed E-state index contributed by atoms with van der Waals surface area (Å²) < 4.78 is 0. The normalized spacial score (nSPS) is 15.3. The fourth-order valence-corrected chi connectivity index (χ4v) is 2.44. The SMILES string of the molecule is CSc1ccc(C(=O)N2CC(CC(=O)O)C2)cc1. The van der Waals surface area contributed by atoms with Gasteiger partial charge < -0.3 is 10.0 Å². The van der Waals surface area contributed by atoms with Gasteiger partial charge in [-0.05, 0) is 30.5 Å². The number of hydrogen-bond donors (Lipinski definition) is 1. The van der Waals surface area contributed by atoms with Gasteiger partial charge in [0.05, 0.1) is 6.42 Å². The van der Waals surface area contributed by atoms with Crippen molar-refractivity contribution in [2.75, 3.05) is 19.3 Å². The number of carboxylic acid groups (broad SMARTS) is 1. The Morgan fingerprint density at radius 1 is 1.33 bits per heavy atom. The topological polar surface area (TPSA) is 57.6 Å². The zero-order valence-electron chi connectivity index (χ0n) is 10.1. The number of carbonyl (C=O) groups is 2. The van der Waals surface area contributed by atoms with Crippen LogP contribution in [0.15, 0.2) is 29.2 Å². The van der Waals surface area contributed by atoms with Gasteiger partial charge in [0, 0.05) is 29.5 Å². The quantitative estimate of drug-likeness (QED) is 0.845. The highest BCUT2D eigenvalue weighted by Crippen LogP contribution is 2.22. The van der Waals surface area contributed by atoms with Crippen LogP contribution in [-0.4, -0.2) is 41.2 Å². The Bertz CT molecular complexity index is 452. The van der Waals surface area contributed by atoms with Gasteiger partial charge in [-0.3, -0.25) is 9.59 Å². The van der Waals surface area contributed by atoms with Gasteiger partial charge in [-0.25, -0.2) is 0 Å². The van der Waals surface area contributed by atoms with Crippen molar-refractivity contribution in [3.8, 4) is 0 Å². The molecule has 1 amide bonds. The van der Waals surface area contributed by atoms with Crippen molar-refractivity contribution in [1.82, 2.24) is 4.90 Å². The summed E-state index contributed by atoms with van der Waals surface area (Å²) in [6.07, 6.45) is 2.14. The minimum absolute atomic E-state index is 0.00991.